The van der Waals surface area contributed by atoms with Crippen LogP contribution in [0.3, 0.4) is 0 Å². The third-order valence-electron chi connectivity index (χ3n) is 3.52. The van der Waals surface area contributed by atoms with Crippen molar-refractivity contribution in [2.45, 2.75) is 31.2 Å². The Morgan fingerprint density at radius 2 is 2.06 bits per heavy atom. The summed E-state index contributed by atoms with van der Waals surface area (Å²) in [6, 6.07) is 13.0. The van der Waals surface area contributed by atoms with Crippen molar-refractivity contribution in [3.05, 3.63) is 35.9 Å². The Kier molecular flexibility index (Phi) is 2.39. The van der Waals surface area contributed by atoms with E-state index in [4.69, 9.17) is 10.00 Å². The SMILES string of the molecule is N#C[C@@H]1CC[C@H]2OC[C@H](c3ccccc3)N12. The minimum Gasteiger partial charge on any atom is -0.361 e. The third kappa shape index (κ3) is 1.42. The van der Waals surface area contributed by atoms with Crippen molar-refractivity contribution >= 4 is 0 Å². The fourth-order valence-electron chi connectivity index (χ4n) is 2.75. The molecule has 2 heterocycles. The number of fused-ring (bicyclic) bond motifs is 1. The second kappa shape index (κ2) is 3.89. The van der Waals surface area contributed by atoms with Gasteiger partial charge in [-0.05, 0) is 18.4 Å². The lowest BCUT2D eigenvalue weighted by atomic mass is 10.1. The Morgan fingerprint density at radius 1 is 1.25 bits per heavy atom. The van der Waals surface area contributed by atoms with Crippen LogP contribution in [0.4, 0.5) is 0 Å². The molecule has 0 aromatic heterocycles. The van der Waals surface area contributed by atoms with Crippen LogP contribution < -0.4 is 0 Å². The van der Waals surface area contributed by atoms with Crippen molar-refractivity contribution in [2.24, 2.45) is 0 Å². The standard InChI is InChI=1S/C13H14N2O/c14-8-11-6-7-13-15(11)12(9-16-13)10-4-2-1-3-5-10/h1-5,11-13H,6-7,9H2/t11-,12+,13+/m0/s1. The first kappa shape index (κ1) is 9.83. The van der Waals surface area contributed by atoms with Crippen molar-refractivity contribution in [3.63, 3.8) is 0 Å². The van der Waals surface area contributed by atoms with Gasteiger partial charge in [-0.15, -0.1) is 0 Å². The molecule has 82 valence electrons. The van der Waals surface area contributed by atoms with E-state index in [0.717, 1.165) is 12.8 Å². The summed E-state index contributed by atoms with van der Waals surface area (Å²) in [6.45, 7) is 0.715. The quantitative estimate of drug-likeness (QED) is 0.718. The molecule has 2 aliphatic rings. The van der Waals surface area contributed by atoms with Gasteiger partial charge in [0.15, 0.2) is 0 Å². The minimum absolute atomic E-state index is 0.0257. The second-order valence-electron chi connectivity index (χ2n) is 4.38. The van der Waals surface area contributed by atoms with E-state index in [1.807, 2.05) is 18.2 Å². The molecular formula is C13H14N2O. The van der Waals surface area contributed by atoms with Crippen LogP contribution in [0.25, 0.3) is 0 Å². The Balaban J connectivity index is 1.90. The zero-order valence-electron chi connectivity index (χ0n) is 9.04. The lowest BCUT2D eigenvalue weighted by molar-refractivity contribution is 0.0526. The largest absolute Gasteiger partial charge is 0.361 e. The number of hydrogen-bond acceptors (Lipinski definition) is 3. The van der Waals surface area contributed by atoms with Crippen LogP contribution in [-0.2, 0) is 4.74 Å². The summed E-state index contributed by atoms with van der Waals surface area (Å²) in [7, 11) is 0. The van der Waals surface area contributed by atoms with E-state index in [9.17, 15) is 0 Å². The van der Waals surface area contributed by atoms with Gasteiger partial charge in [-0.1, -0.05) is 30.3 Å². The van der Waals surface area contributed by atoms with E-state index in [0.29, 0.717) is 6.61 Å². The van der Waals surface area contributed by atoms with Crippen LogP contribution in [0.1, 0.15) is 24.4 Å². The number of ether oxygens (including phenoxy) is 1. The molecule has 3 rings (SSSR count). The number of nitrogens with zero attached hydrogens (tertiary/aromatic N) is 2. The van der Waals surface area contributed by atoms with Crippen molar-refractivity contribution in [1.29, 1.82) is 5.26 Å². The van der Waals surface area contributed by atoms with Gasteiger partial charge in [0.2, 0.25) is 0 Å². The molecule has 0 aliphatic carbocycles. The van der Waals surface area contributed by atoms with Crippen LogP contribution >= 0.6 is 0 Å². The highest BCUT2D eigenvalue weighted by Gasteiger charge is 2.44. The molecule has 1 aromatic carbocycles. The Hall–Kier alpha value is -1.37. The smallest absolute Gasteiger partial charge is 0.112 e. The molecule has 0 saturated carbocycles. The molecular weight excluding hydrogens is 200 g/mol. The van der Waals surface area contributed by atoms with Gasteiger partial charge >= 0.3 is 0 Å². The van der Waals surface area contributed by atoms with Crippen molar-refractivity contribution in [2.75, 3.05) is 6.61 Å². The molecule has 0 unspecified atom stereocenters. The van der Waals surface area contributed by atoms with Crippen LogP contribution in [-0.4, -0.2) is 23.8 Å². The van der Waals surface area contributed by atoms with E-state index < -0.39 is 0 Å². The molecule has 2 fully saturated rings. The fourth-order valence-corrected chi connectivity index (χ4v) is 2.75. The predicted octanol–water partition coefficient (Wildman–Crippen LogP) is 2.07. The van der Waals surface area contributed by atoms with Gasteiger partial charge in [-0.2, -0.15) is 5.26 Å². The van der Waals surface area contributed by atoms with E-state index in [2.05, 4.69) is 23.1 Å². The first-order chi connectivity index (χ1) is 7.90. The highest BCUT2D eigenvalue weighted by atomic mass is 16.5. The van der Waals surface area contributed by atoms with Gasteiger partial charge < -0.3 is 4.74 Å². The number of hydrogen-bond donors (Lipinski definition) is 0. The summed E-state index contributed by atoms with van der Waals surface area (Å²) in [6.07, 6.45) is 2.08. The minimum atomic E-state index is 0.0257. The normalized spacial score (nSPS) is 33.6. The first-order valence-electron chi connectivity index (χ1n) is 5.74. The summed E-state index contributed by atoms with van der Waals surface area (Å²) < 4.78 is 5.75. The van der Waals surface area contributed by atoms with Crippen LogP contribution in [0.2, 0.25) is 0 Å². The lowest BCUT2D eigenvalue weighted by Crippen LogP contribution is -2.33. The van der Waals surface area contributed by atoms with Gasteiger partial charge in [-0.3, -0.25) is 4.90 Å². The Labute approximate surface area is 95.2 Å². The van der Waals surface area contributed by atoms with Crippen molar-refractivity contribution in [3.8, 4) is 6.07 Å². The Morgan fingerprint density at radius 3 is 2.81 bits per heavy atom. The molecule has 2 saturated heterocycles. The zero-order valence-corrected chi connectivity index (χ0v) is 9.04. The van der Waals surface area contributed by atoms with Gasteiger partial charge in [0, 0.05) is 0 Å². The van der Waals surface area contributed by atoms with Crippen LogP contribution in [0.15, 0.2) is 30.3 Å². The molecule has 3 atom stereocenters. The van der Waals surface area contributed by atoms with E-state index in [1.165, 1.54) is 5.56 Å². The van der Waals surface area contributed by atoms with Gasteiger partial charge in [0.1, 0.15) is 12.3 Å². The zero-order chi connectivity index (χ0) is 11.0. The molecule has 3 nitrogen and oxygen atoms in total. The lowest BCUT2D eigenvalue weighted by Gasteiger charge is -2.24. The number of nitriles is 1. The van der Waals surface area contributed by atoms with E-state index >= 15 is 0 Å². The summed E-state index contributed by atoms with van der Waals surface area (Å²) >= 11 is 0. The van der Waals surface area contributed by atoms with Crippen molar-refractivity contribution in [1.82, 2.24) is 4.90 Å². The maximum absolute atomic E-state index is 9.13. The molecule has 0 bridgehead atoms. The topological polar surface area (TPSA) is 36.3 Å². The molecule has 0 radical (unpaired) electrons. The summed E-state index contributed by atoms with van der Waals surface area (Å²) in [4.78, 5) is 2.23. The maximum Gasteiger partial charge on any atom is 0.112 e. The van der Waals surface area contributed by atoms with Gasteiger partial charge in [0.25, 0.3) is 0 Å². The van der Waals surface area contributed by atoms with Gasteiger partial charge in [-0.25, -0.2) is 0 Å². The average Bonchev–Trinajstić information content (AvgIpc) is 2.90. The second-order valence-corrected chi connectivity index (χ2v) is 4.38. The predicted molar refractivity (Wildman–Crippen MR) is 59.4 cm³/mol. The highest BCUT2D eigenvalue weighted by Crippen LogP contribution is 2.39. The monoisotopic (exact) mass is 214 g/mol. The van der Waals surface area contributed by atoms with E-state index in [1.54, 1.807) is 0 Å². The molecule has 2 aliphatic heterocycles. The number of rotatable bonds is 1. The van der Waals surface area contributed by atoms with Gasteiger partial charge in [0.05, 0.1) is 18.7 Å². The first-order valence-corrected chi connectivity index (χ1v) is 5.74. The average molecular weight is 214 g/mol. The Bertz CT molecular complexity index is 412. The summed E-state index contributed by atoms with van der Waals surface area (Å²) in [5.74, 6) is 0. The molecule has 3 heteroatoms. The fraction of sp³-hybridized carbons (Fsp3) is 0.462. The van der Waals surface area contributed by atoms with E-state index in [-0.39, 0.29) is 18.3 Å². The molecule has 1 aromatic rings. The molecule has 0 N–H and O–H groups in total. The van der Waals surface area contributed by atoms with Crippen LogP contribution in [0.5, 0.6) is 0 Å². The maximum atomic E-state index is 9.13. The molecule has 0 spiro atoms. The van der Waals surface area contributed by atoms with Crippen LogP contribution in [0, 0.1) is 11.3 Å². The molecule has 16 heavy (non-hydrogen) atoms. The van der Waals surface area contributed by atoms with Crippen molar-refractivity contribution < 1.29 is 4.74 Å². The summed E-state index contributed by atoms with van der Waals surface area (Å²) in [5, 5.41) is 9.13. The number of benzene rings is 1. The summed E-state index contributed by atoms with van der Waals surface area (Å²) in [5.41, 5.74) is 1.26. The highest BCUT2D eigenvalue weighted by molar-refractivity contribution is 5.22. The molecule has 0 amide bonds. The third-order valence-corrected chi connectivity index (χ3v) is 3.52.